The number of hydrogen-bond acceptors (Lipinski definition) is 5. The molecule has 0 unspecified atom stereocenters. The molecule has 0 spiro atoms. The first-order valence-corrected chi connectivity index (χ1v) is 4.71. The van der Waals surface area contributed by atoms with Crippen LogP contribution in [0.4, 0.5) is 0 Å². The van der Waals surface area contributed by atoms with Gasteiger partial charge in [0, 0.05) is 19.6 Å². The Morgan fingerprint density at radius 2 is 2.00 bits per heavy atom. The maximum Gasteiger partial charge on any atom is 0.289 e. The molecule has 7 heteroatoms. The van der Waals surface area contributed by atoms with Crippen LogP contribution >= 0.6 is 0 Å². The quantitative estimate of drug-likeness (QED) is 0.389. The van der Waals surface area contributed by atoms with E-state index in [0.717, 1.165) is 0 Å². The van der Waals surface area contributed by atoms with E-state index in [2.05, 4.69) is 5.32 Å². The van der Waals surface area contributed by atoms with Crippen LogP contribution in [0.3, 0.4) is 0 Å². The van der Waals surface area contributed by atoms with Crippen molar-refractivity contribution in [1.29, 1.82) is 0 Å². The van der Waals surface area contributed by atoms with Crippen molar-refractivity contribution >= 4 is 10.0 Å². The Bertz CT molecular complexity index is 201. The highest BCUT2D eigenvalue weighted by Gasteiger charge is 2.07. The minimum atomic E-state index is -3.73. The molecular weight excluding hydrogens is 170 g/mol. The van der Waals surface area contributed by atoms with E-state index in [0.29, 0.717) is 13.1 Å². The normalized spacial score (nSPS) is 11.4. The van der Waals surface area contributed by atoms with Crippen molar-refractivity contribution in [2.24, 2.45) is 10.3 Å². The van der Waals surface area contributed by atoms with Crippen molar-refractivity contribution in [1.82, 2.24) is 5.32 Å². The van der Waals surface area contributed by atoms with E-state index >= 15 is 0 Å². The first kappa shape index (κ1) is 10.5. The molecule has 66 valence electrons. The second-order valence-electron chi connectivity index (χ2n) is 1.90. The van der Waals surface area contributed by atoms with E-state index in [1.807, 2.05) is 4.58 Å². The third-order valence-electron chi connectivity index (χ3n) is 0.971. The van der Waals surface area contributed by atoms with Gasteiger partial charge < -0.3 is 11.1 Å². The average Bonchev–Trinajstić information content (AvgIpc) is 1.99. The van der Waals surface area contributed by atoms with Gasteiger partial charge in [0.1, 0.15) is 0 Å². The number of nitrogens with one attached hydrogen (secondary N) is 1. The lowest BCUT2D eigenvalue weighted by atomic mass is 10.6. The molecule has 11 heavy (non-hydrogen) atoms. The first-order chi connectivity index (χ1) is 5.12. The van der Waals surface area contributed by atoms with Gasteiger partial charge in [0.2, 0.25) is 0 Å². The van der Waals surface area contributed by atoms with Crippen LogP contribution in [0.25, 0.3) is 0 Å². The number of nitroso groups, excluding NO2 is 1. The zero-order valence-corrected chi connectivity index (χ0v) is 6.80. The fourth-order valence-corrected chi connectivity index (χ4v) is 0.942. The van der Waals surface area contributed by atoms with Gasteiger partial charge in [0.25, 0.3) is 10.0 Å². The topological polar surface area (TPSA) is 102 Å². The predicted molar refractivity (Wildman–Crippen MR) is 41.5 cm³/mol. The van der Waals surface area contributed by atoms with Crippen LogP contribution in [0, 0.1) is 4.91 Å². The maximum atomic E-state index is 10.4. The fourth-order valence-electron chi connectivity index (χ4n) is 0.465. The molecule has 0 aromatic rings. The van der Waals surface area contributed by atoms with Gasteiger partial charge in [-0.05, 0) is 0 Å². The summed E-state index contributed by atoms with van der Waals surface area (Å²) in [6, 6.07) is 0. The molecule has 0 heterocycles. The molecule has 0 atom stereocenters. The third kappa shape index (κ3) is 5.89. The Balaban J connectivity index is 3.47. The van der Waals surface area contributed by atoms with Gasteiger partial charge in [-0.25, -0.2) is 8.42 Å². The highest BCUT2D eigenvalue weighted by Crippen LogP contribution is 1.87. The van der Waals surface area contributed by atoms with Crippen molar-refractivity contribution < 1.29 is 8.42 Å². The maximum absolute atomic E-state index is 10.4. The van der Waals surface area contributed by atoms with Crippen LogP contribution in [0.5, 0.6) is 0 Å². The minimum absolute atomic E-state index is 0.214. The Morgan fingerprint density at radius 3 is 2.45 bits per heavy atom. The summed E-state index contributed by atoms with van der Waals surface area (Å²) in [6.45, 7) is 1.19. The van der Waals surface area contributed by atoms with E-state index < -0.39 is 10.0 Å². The zero-order chi connectivity index (χ0) is 8.74. The van der Waals surface area contributed by atoms with Crippen LogP contribution in [0.15, 0.2) is 4.58 Å². The van der Waals surface area contributed by atoms with Crippen LogP contribution in [0.2, 0.25) is 0 Å². The van der Waals surface area contributed by atoms with E-state index in [9.17, 15) is 13.3 Å². The Labute approximate surface area is 65.2 Å². The van der Waals surface area contributed by atoms with Gasteiger partial charge in [-0.3, -0.25) is 0 Å². The summed E-state index contributed by atoms with van der Waals surface area (Å²) in [4.78, 5) is 9.60. The monoisotopic (exact) mass is 181 g/mol. The number of hydrogen-bond donors (Lipinski definition) is 2. The molecule has 0 fully saturated rings. The number of sulfonamides is 1. The molecule has 0 rings (SSSR count). The van der Waals surface area contributed by atoms with Gasteiger partial charge in [0.05, 0.1) is 10.3 Å². The van der Waals surface area contributed by atoms with Crippen LogP contribution in [-0.4, -0.2) is 33.8 Å². The van der Waals surface area contributed by atoms with Crippen LogP contribution < -0.4 is 11.1 Å². The van der Waals surface area contributed by atoms with Crippen molar-refractivity contribution in [3.63, 3.8) is 0 Å². The highest BCUT2D eigenvalue weighted by molar-refractivity contribution is 7.90. The molecule has 0 aromatic carbocycles. The largest absolute Gasteiger partial charge is 0.329 e. The SMILES string of the molecule is NCCNCCS(=O)(=O)N=O. The summed E-state index contributed by atoms with van der Waals surface area (Å²) in [5, 5.41) is 2.72. The molecule has 0 saturated heterocycles. The molecule has 0 aliphatic carbocycles. The highest BCUT2D eigenvalue weighted by atomic mass is 32.2. The summed E-state index contributed by atoms with van der Waals surface area (Å²) < 4.78 is 22.8. The zero-order valence-electron chi connectivity index (χ0n) is 5.99. The molecule has 6 nitrogen and oxygen atoms in total. The molecule has 0 radical (unpaired) electrons. The predicted octanol–water partition coefficient (Wildman–Crippen LogP) is -1.37. The Kier molecular flexibility index (Phi) is 4.92. The number of rotatable bonds is 6. The summed E-state index contributed by atoms with van der Waals surface area (Å²) in [6.07, 6.45) is 0. The molecular formula is C4H11N3O3S. The van der Waals surface area contributed by atoms with Crippen molar-refractivity contribution in [3.8, 4) is 0 Å². The van der Waals surface area contributed by atoms with Gasteiger partial charge >= 0.3 is 0 Å². The average molecular weight is 181 g/mol. The molecule has 0 aliphatic rings. The minimum Gasteiger partial charge on any atom is -0.329 e. The first-order valence-electron chi connectivity index (χ1n) is 3.10. The molecule has 0 saturated carbocycles. The number of nitrogens with zero attached hydrogens (tertiary/aromatic N) is 1. The second-order valence-corrected chi connectivity index (χ2v) is 3.62. The van der Waals surface area contributed by atoms with Gasteiger partial charge in [-0.15, -0.1) is 4.91 Å². The Morgan fingerprint density at radius 1 is 1.36 bits per heavy atom. The molecule has 0 bridgehead atoms. The fraction of sp³-hybridized carbons (Fsp3) is 1.00. The van der Waals surface area contributed by atoms with Crippen molar-refractivity contribution in [2.45, 2.75) is 0 Å². The van der Waals surface area contributed by atoms with Crippen LogP contribution in [0.1, 0.15) is 0 Å². The lowest BCUT2D eigenvalue weighted by molar-refractivity contribution is 0.592. The Hall–Kier alpha value is -0.530. The number of nitrogens with two attached hydrogens (primary N) is 1. The second kappa shape index (κ2) is 5.16. The van der Waals surface area contributed by atoms with E-state index in [1.54, 1.807) is 0 Å². The summed E-state index contributed by atoms with van der Waals surface area (Å²) in [5.41, 5.74) is 5.11. The molecule has 0 aliphatic heterocycles. The van der Waals surface area contributed by atoms with Gasteiger partial charge in [-0.2, -0.15) is 0 Å². The molecule has 3 N–H and O–H groups in total. The van der Waals surface area contributed by atoms with E-state index in [1.165, 1.54) is 0 Å². The van der Waals surface area contributed by atoms with E-state index in [4.69, 9.17) is 5.73 Å². The van der Waals surface area contributed by atoms with E-state index in [-0.39, 0.29) is 12.3 Å². The summed E-state index contributed by atoms with van der Waals surface area (Å²) >= 11 is 0. The van der Waals surface area contributed by atoms with Gasteiger partial charge in [0.15, 0.2) is 0 Å². The molecule has 0 aromatic heterocycles. The van der Waals surface area contributed by atoms with Crippen LogP contribution in [-0.2, 0) is 10.0 Å². The lowest BCUT2D eigenvalue weighted by Gasteiger charge is -1.98. The van der Waals surface area contributed by atoms with Gasteiger partial charge in [-0.1, -0.05) is 0 Å². The van der Waals surface area contributed by atoms with Crippen molar-refractivity contribution in [2.75, 3.05) is 25.4 Å². The lowest BCUT2D eigenvalue weighted by Crippen LogP contribution is -2.27. The van der Waals surface area contributed by atoms with Crippen molar-refractivity contribution in [3.05, 3.63) is 4.91 Å². The molecule has 0 amide bonds. The summed E-state index contributed by atoms with van der Waals surface area (Å²) in [7, 11) is -3.73. The smallest absolute Gasteiger partial charge is 0.289 e. The summed E-state index contributed by atoms with van der Waals surface area (Å²) in [5.74, 6) is -0.267. The standard InChI is InChI=1S/C4H11N3O3S/c5-1-2-6-3-4-11(9,10)7-8/h6H,1-5H2. The third-order valence-corrected chi connectivity index (χ3v) is 1.92.